The van der Waals surface area contributed by atoms with Crippen molar-refractivity contribution in [3.63, 3.8) is 0 Å². The van der Waals surface area contributed by atoms with Gasteiger partial charge in [-0.05, 0) is 43.7 Å². The lowest BCUT2D eigenvalue weighted by Gasteiger charge is -2.13. The fraction of sp³-hybridized carbons (Fsp3) is 0.562. The number of benzene rings is 1. The molecule has 0 bridgehead atoms. The van der Waals surface area contributed by atoms with Crippen molar-refractivity contribution in [1.29, 1.82) is 0 Å². The Labute approximate surface area is 132 Å². The lowest BCUT2D eigenvalue weighted by Crippen LogP contribution is -2.15. The molecule has 124 valence electrons. The van der Waals surface area contributed by atoms with Crippen molar-refractivity contribution < 1.29 is 22.1 Å². The molecule has 0 aromatic heterocycles. The smallest absolute Gasteiger partial charge is 0.338 e. The summed E-state index contributed by atoms with van der Waals surface area (Å²) in [6.45, 7) is 0.197. The molecule has 0 aliphatic heterocycles. The van der Waals surface area contributed by atoms with Crippen molar-refractivity contribution in [2.45, 2.75) is 39.2 Å². The minimum absolute atomic E-state index is 0. The van der Waals surface area contributed by atoms with Crippen molar-refractivity contribution in [1.82, 2.24) is 0 Å². The number of hydrogen-bond donors (Lipinski definition) is 0. The summed E-state index contributed by atoms with van der Waals surface area (Å²) < 4.78 is 32.0. The van der Waals surface area contributed by atoms with Crippen LogP contribution in [0, 0.1) is 5.92 Å². The van der Waals surface area contributed by atoms with E-state index >= 15 is 0 Å². The quantitative estimate of drug-likeness (QED) is 0.593. The largest absolute Gasteiger partial charge is 0.459 e. The third-order valence-corrected chi connectivity index (χ3v) is 4.19. The summed E-state index contributed by atoms with van der Waals surface area (Å²) in [5, 5.41) is 0. The van der Waals surface area contributed by atoms with E-state index in [2.05, 4.69) is 0 Å². The monoisotopic (exact) mass is 328 g/mol. The third kappa shape index (κ3) is 6.15. The van der Waals surface area contributed by atoms with E-state index in [1.54, 1.807) is 24.3 Å². The van der Waals surface area contributed by atoms with Gasteiger partial charge in [0.25, 0.3) is 10.1 Å². The second-order valence-corrected chi connectivity index (χ2v) is 7.03. The zero-order valence-electron chi connectivity index (χ0n) is 12.0. The van der Waals surface area contributed by atoms with Crippen LogP contribution in [0.15, 0.2) is 30.3 Å². The van der Waals surface area contributed by atoms with Gasteiger partial charge in [0, 0.05) is 0 Å². The standard InChI is InChI=1S/C15H20O5S.CH4/c1-21(17,18)19-10-9-12-7-8-14(11-12)20-15(16)13-5-3-2-4-6-13;/h2-6,12,14H,7-11H2,1H3;1H4/t12-,14-;/m1./s1. The third-order valence-electron chi connectivity index (χ3n) is 3.60. The molecule has 6 heteroatoms. The summed E-state index contributed by atoms with van der Waals surface area (Å²) in [6, 6.07) is 8.92. The average Bonchev–Trinajstić information content (AvgIpc) is 2.86. The lowest BCUT2D eigenvalue weighted by molar-refractivity contribution is 0.0307. The molecule has 0 saturated heterocycles. The summed E-state index contributed by atoms with van der Waals surface area (Å²) in [4.78, 5) is 11.9. The lowest BCUT2D eigenvalue weighted by atomic mass is 10.1. The number of hydrogen-bond acceptors (Lipinski definition) is 5. The second-order valence-electron chi connectivity index (χ2n) is 5.39. The molecule has 22 heavy (non-hydrogen) atoms. The Bertz CT molecular complexity index is 567. The molecule has 1 saturated carbocycles. The van der Waals surface area contributed by atoms with E-state index in [1.165, 1.54) is 0 Å². The Hall–Kier alpha value is -1.40. The molecular formula is C16H24O5S. The zero-order valence-corrected chi connectivity index (χ0v) is 12.8. The van der Waals surface area contributed by atoms with Crippen LogP contribution >= 0.6 is 0 Å². The van der Waals surface area contributed by atoms with Gasteiger partial charge < -0.3 is 4.74 Å². The number of esters is 1. The molecule has 1 aromatic carbocycles. The number of carbonyl (C=O) groups excluding carboxylic acids is 1. The van der Waals surface area contributed by atoms with Gasteiger partial charge in [-0.2, -0.15) is 8.42 Å². The maximum Gasteiger partial charge on any atom is 0.338 e. The van der Waals surface area contributed by atoms with Gasteiger partial charge in [0.1, 0.15) is 6.10 Å². The molecular weight excluding hydrogens is 304 g/mol. The van der Waals surface area contributed by atoms with Crippen LogP contribution in [0.3, 0.4) is 0 Å². The van der Waals surface area contributed by atoms with E-state index in [-0.39, 0.29) is 26.1 Å². The van der Waals surface area contributed by atoms with E-state index in [4.69, 9.17) is 8.92 Å². The predicted molar refractivity (Wildman–Crippen MR) is 85.1 cm³/mol. The van der Waals surface area contributed by atoms with Crippen molar-refractivity contribution in [2.75, 3.05) is 12.9 Å². The topological polar surface area (TPSA) is 69.7 Å². The highest BCUT2D eigenvalue weighted by Crippen LogP contribution is 2.30. The Kier molecular flexibility index (Phi) is 7.03. The molecule has 0 N–H and O–H groups in total. The number of ether oxygens (including phenoxy) is 1. The van der Waals surface area contributed by atoms with Crippen LogP contribution in [0.1, 0.15) is 43.5 Å². The number of rotatable bonds is 6. The molecule has 1 aromatic rings. The Morgan fingerprint density at radius 3 is 2.55 bits per heavy atom. The molecule has 0 unspecified atom stereocenters. The van der Waals surface area contributed by atoms with E-state index < -0.39 is 10.1 Å². The van der Waals surface area contributed by atoms with Crippen LogP contribution in [-0.4, -0.2) is 33.4 Å². The summed E-state index contributed by atoms with van der Waals surface area (Å²) in [7, 11) is -3.37. The first kappa shape index (κ1) is 18.6. The number of carbonyl (C=O) groups is 1. The van der Waals surface area contributed by atoms with Gasteiger partial charge in [0.2, 0.25) is 0 Å². The van der Waals surface area contributed by atoms with E-state index in [1.807, 2.05) is 6.07 Å². The van der Waals surface area contributed by atoms with Gasteiger partial charge in [0.15, 0.2) is 0 Å². The SMILES string of the molecule is C.CS(=O)(=O)OCC[C@H]1CC[C@@H](OC(=O)c2ccccc2)C1. The second kappa shape index (κ2) is 8.29. The first-order chi connectivity index (χ1) is 9.94. The Morgan fingerprint density at radius 2 is 1.91 bits per heavy atom. The molecule has 0 amide bonds. The molecule has 1 fully saturated rings. The van der Waals surface area contributed by atoms with Crippen molar-refractivity contribution in [3.8, 4) is 0 Å². The highest BCUT2D eigenvalue weighted by Gasteiger charge is 2.27. The molecule has 2 rings (SSSR count). The van der Waals surface area contributed by atoms with Gasteiger partial charge in [-0.25, -0.2) is 4.79 Å². The summed E-state index contributed by atoms with van der Waals surface area (Å²) in [5.41, 5.74) is 0.557. The van der Waals surface area contributed by atoms with Crippen LogP contribution in [0.4, 0.5) is 0 Å². The maximum atomic E-state index is 11.9. The van der Waals surface area contributed by atoms with Gasteiger partial charge >= 0.3 is 5.97 Å². The van der Waals surface area contributed by atoms with Gasteiger partial charge in [-0.15, -0.1) is 0 Å². The van der Waals surface area contributed by atoms with E-state index in [0.29, 0.717) is 17.9 Å². The summed E-state index contributed by atoms with van der Waals surface area (Å²) in [6.07, 6.45) is 4.16. The predicted octanol–water partition coefficient (Wildman–Crippen LogP) is 3.01. The van der Waals surface area contributed by atoms with E-state index in [9.17, 15) is 13.2 Å². The molecule has 5 nitrogen and oxygen atoms in total. The van der Waals surface area contributed by atoms with Crippen LogP contribution in [0.25, 0.3) is 0 Å². The first-order valence-electron chi connectivity index (χ1n) is 7.04. The summed E-state index contributed by atoms with van der Waals surface area (Å²) in [5.74, 6) is 0.0500. The Balaban J connectivity index is 0.00000242. The minimum Gasteiger partial charge on any atom is -0.459 e. The normalized spacial score (nSPS) is 21.1. The molecule has 1 aliphatic rings. The maximum absolute atomic E-state index is 11.9. The molecule has 1 aliphatic carbocycles. The van der Waals surface area contributed by atoms with Crippen LogP contribution in [0.5, 0.6) is 0 Å². The van der Waals surface area contributed by atoms with Crippen molar-refractivity contribution >= 4 is 16.1 Å². The molecule has 0 spiro atoms. The highest BCUT2D eigenvalue weighted by molar-refractivity contribution is 7.85. The fourth-order valence-electron chi connectivity index (χ4n) is 2.56. The van der Waals surface area contributed by atoms with Gasteiger partial charge in [-0.1, -0.05) is 25.6 Å². The van der Waals surface area contributed by atoms with Crippen LogP contribution in [0.2, 0.25) is 0 Å². The zero-order chi connectivity index (χ0) is 15.3. The summed E-state index contributed by atoms with van der Waals surface area (Å²) >= 11 is 0. The van der Waals surface area contributed by atoms with Crippen molar-refractivity contribution in [2.24, 2.45) is 5.92 Å². The van der Waals surface area contributed by atoms with Crippen molar-refractivity contribution in [3.05, 3.63) is 35.9 Å². The molecule has 2 atom stereocenters. The fourth-order valence-corrected chi connectivity index (χ4v) is 2.96. The van der Waals surface area contributed by atoms with Gasteiger partial charge in [-0.3, -0.25) is 4.18 Å². The highest BCUT2D eigenvalue weighted by atomic mass is 32.2. The first-order valence-corrected chi connectivity index (χ1v) is 8.86. The molecule has 0 radical (unpaired) electrons. The average molecular weight is 328 g/mol. The van der Waals surface area contributed by atoms with Gasteiger partial charge in [0.05, 0.1) is 18.4 Å². The Morgan fingerprint density at radius 1 is 1.23 bits per heavy atom. The van der Waals surface area contributed by atoms with E-state index in [0.717, 1.165) is 25.5 Å². The molecule has 0 heterocycles. The van der Waals surface area contributed by atoms with Crippen LogP contribution in [-0.2, 0) is 19.0 Å². The minimum atomic E-state index is -3.37. The van der Waals surface area contributed by atoms with Crippen LogP contribution < -0.4 is 0 Å².